The Balaban J connectivity index is 1.65. The number of benzene rings is 1. The van der Waals surface area contributed by atoms with Crippen LogP contribution in [-0.2, 0) is 20.7 Å². The van der Waals surface area contributed by atoms with Gasteiger partial charge in [-0.2, -0.15) is 0 Å². The second-order valence-corrected chi connectivity index (χ2v) is 8.64. The fourth-order valence-electron chi connectivity index (χ4n) is 3.10. The van der Waals surface area contributed by atoms with Crippen LogP contribution in [0.5, 0.6) is 0 Å². The van der Waals surface area contributed by atoms with Gasteiger partial charge in [-0.3, -0.25) is 9.59 Å². The summed E-state index contributed by atoms with van der Waals surface area (Å²) in [5.41, 5.74) is 0.334. The molecule has 1 aromatic rings. The molecule has 2 N–H and O–H groups in total. The summed E-state index contributed by atoms with van der Waals surface area (Å²) in [5, 5.41) is 6.17. The molecule has 8 heteroatoms. The third-order valence-corrected chi connectivity index (χ3v) is 4.71. The minimum atomic E-state index is -0.565. The summed E-state index contributed by atoms with van der Waals surface area (Å²) in [5.74, 6) is -0.0524. The van der Waals surface area contributed by atoms with Crippen molar-refractivity contribution in [2.75, 3.05) is 19.6 Å². The van der Waals surface area contributed by atoms with E-state index in [9.17, 15) is 14.4 Å². The first-order chi connectivity index (χ1) is 13.6. The Kier molecular flexibility index (Phi) is 8.32. The molecule has 1 aliphatic rings. The van der Waals surface area contributed by atoms with E-state index >= 15 is 0 Å². The number of likely N-dealkylation sites (tertiary alicyclic amines) is 1. The van der Waals surface area contributed by atoms with E-state index < -0.39 is 11.7 Å². The normalized spacial score (nSPS) is 15.0. The van der Waals surface area contributed by atoms with Crippen molar-refractivity contribution < 1.29 is 19.1 Å². The van der Waals surface area contributed by atoms with Crippen molar-refractivity contribution in [3.63, 3.8) is 0 Å². The average Bonchev–Trinajstić information content (AvgIpc) is 2.60. The molecule has 0 spiro atoms. The summed E-state index contributed by atoms with van der Waals surface area (Å²) in [7, 11) is 0. The van der Waals surface area contributed by atoms with Crippen LogP contribution in [0.3, 0.4) is 0 Å². The lowest BCUT2D eigenvalue weighted by Gasteiger charge is -2.32. The van der Waals surface area contributed by atoms with Gasteiger partial charge in [0.15, 0.2) is 0 Å². The van der Waals surface area contributed by atoms with Crippen LogP contribution >= 0.6 is 11.6 Å². The second-order valence-electron chi connectivity index (χ2n) is 8.21. The molecule has 29 heavy (non-hydrogen) atoms. The van der Waals surface area contributed by atoms with Gasteiger partial charge in [0.05, 0.1) is 6.42 Å². The van der Waals surface area contributed by atoms with E-state index in [1.54, 1.807) is 32.9 Å². The van der Waals surface area contributed by atoms with Crippen molar-refractivity contribution in [3.8, 4) is 0 Å². The van der Waals surface area contributed by atoms with E-state index in [1.165, 1.54) is 0 Å². The van der Waals surface area contributed by atoms with Crippen molar-refractivity contribution in [1.82, 2.24) is 15.5 Å². The fraction of sp³-hybridized carbons (Fsp3) is 0.571. The fourth-order valence-corrected chi connectivity index (χ4v) is 3.31. The average molecular weight is 424 g/mol. The van der Waals surface area contributed by atoms with Crippen LogP contribution in [0.25, 0.3) is 0 Å². The number of carbonyl (C=O) groups is 3. The number of amides is 3. The highest BCUT2D eigenvalue weighted by Crippen LogP contribution is 2.15. The summed E-state index contributed by atoms with van der Waals surface area (Å²) in [6.07, 6.45) is 1.41. The van der Waals surface area contributed by atoms with Gasteiger partial charge in [0.1, 0.15) is 5.60 Å². The molecule has 0 aromatic heterocycles. The van der Waals surface area contributed by atoms with Crippen LogP contribution in [0.15, 0.2) is 24.3 Å². The largest absolute Gasteiger partial charge is 0.444 e. The van der Waals surface area contributed by atoms with Crippen LogP contribution in [0.4, 0.5) is 4.79 Å². The van der Waals surface area contributed by atoms with Gasteiger partial charge in [-0.25, -0.2) is 4.79 Å². The molecule has 7 nitrogen and oxygen atoms in total. The van der Waals surface area contributed by atoms with E-state index in [2.05, 4.69) is 10.6 Å². The van der Waals surface area contributed by atoms with Gasteiger partial charge in [0, 0.05) is 37.1 Å². The zero-order chi connectivity index (χ0) is 21.4. The molecule has 1 fully saturated rings. The summed E-state index contributed by atoms with van der Waals surface area (Å²) in [4.78, 5) is 37.9. The smallest absolute Gasteiger partial charge is 0.407 e. The monoisotopic (exact) mass is 423 g/mol. The predicted octanol–water partition coefficient (Wildman–Crippen LogP) is 2.90. The zero-order valence-electron chi connectivity index (χ0n) is 17.3. The van der Waals surface area contributed by atoms with Crippen LogP contribution < -0.4 is 10.6 Å². The lowest BCUT2D eigenvalue weighted by molar-refractivity contribution is -0.131. The Bertz CT molecular complexity index is 725. The van der Waals surface area contributed by atoms with E-state index in [0.717, 1.165) is 5.56 Å². The first-order valence-corrected chi connectivity index (χ1v) is 10.3. The molecule has 0 unspecified atom stereocenters. The highest BCUT2D eigenvalue weighted by molar-refractivity contribution is 6.30. The maximum atomic E-state index is 12.5. The highest BCUT2D eigenvalue weighted by atomic mass is 35.5. The number of nitrogens with one attached hydrogen (secondary N) is 2. The molecule has 1 aromatic carbocycles. The van der Waals surface area contributed by atoms with Crippen LogP contribution in [0.2, 0.25) is 5.02 Å². The molecule has 0 atom stereocenters. The molecule has 1 saturated heterocycles. The number of carbonyl (C=O) groups excluding carboxylic acids is 3. The van der Waals surface area contributed by atoms with Crippen LogP contribution in [-0.4, -0.2) is 54.1 Å². The van der Waals surface area contributed by atoms with Crippen LogP contribution in [0.1, 0.15) is 45.6 Å². The third-order valence-electron chi connectivity index (χ3n) is 4.48. The number of piperidine rings is 1. The standard InChI is InChI=1S/C21H30ClN3O4/c1-21(2,3)29-20(28)23-10-7-18(26)24-17-8-11-25(12-9-17)19(27)14-15-5-4-6-16(22)13-15/h4-6,13,17H,7-12,14H2,1-3H3,(H,23,28)(H,24,26). The van der Waals surface area contributed by atoms with E-state index in [0.29, 0.717) is 37.4 Å². The SMILES string of the molecule is CC(C)(C)OC(=O)NCCC(=O)NC1CCN(C(=O)Cc2cccc(Cl)c2)CC1. The number of ether oxygens (including phenoxy) is 1. The first kappa shape index (κ1) is 23.0. The van der Waals surface area contributed by atoms with Gasteiger partial charge in [-0.05, 0) is 51.3 Å². The van der Waals surface area contributed by atoms with Crippen molar-refractivity contribution >= 4 is 29.5 Å². The molecule has 0 saturated carbocycles. The number of nitrogens with zero attached hydrogens (tertiary/aromatic N) is 1. The summed E-state index contributed by atoms with van der Waals surface area (Å²) >= 11 is 5.97. The topological polar surface area (TPSA) is 87.7 Å². The van der Waals surface area contributed by atoms with Crippen molar-refractivity contribution in [3.05, 3.63) is 34.9 Å². The summed E-state index contributed by atoms with van der Waals surface area (Å²) < 4.78 is 5.13. The summed E-state index contributed by atoms with van der Waals surface area (Å²) in [6, 6.07) is 7.36. The zero-order valence-corrected chi connectivity index (χ0v) is 18.1. The molecule has 1 heterocycles. The van der Waals surface area contributed by atoms with Gasteiger partial charge in [-0.15, -0.1) is 0 Å². The maximum absolute atomic E-state index is 12.5. The van der Waals surface area contributed by atoms with E-state index in [-0.39, 0.29) is 30.8 Å². The summed E-state index contributed by atoms with van der Waals surface area (Å²) in [6.45, 7) is 6.79. The quantitative estimate of drug-likeness (QED) is 0.736. The Hall–Kier alpha value is -2.28. The Morgan fingerprint density at radius 3 is 2.52 bits per heavy atom. The number of rotatable bonds is 6. The molecule has 160 valence electrons. The molecular formula is C21H30ClN3O4. The van der Waals surface area contributed by atoms with Gasteiger partial charge in [0.25, 0.3) is 0 Å². The van der Waals surface area contributed by atoms with E-state index in [4.69, 9.17) is 16.3 Å². The van der Waals surface area contributed by atoms with E-state index in [1.807, 2.05) is 17.0 Å². The second kappa shape index (κ2) is 10.5. The van der Waals surface area contributed by atoms with Crippen molar-refractivity contribution in [2.45, 2.75) is 58.1 Å². The number of hydrogen-bond acceptors (Lipinski definition) is 4. The molecule has 0 radical (unpaired) electrons. The van der Waals surface area contributed by atoms with Crippen LogP contribution in [0, 0.1) is 0 Å². The third kappa shape index (κ3) is 8.73. The minimum Gasteiger partial charge on any atom is -0.444 e. The molecule has 0 aliphatic carbocycles. The number of halogens is 1. The molecule has 0 bridgehead atoms. The van der Waals surface area contributed by atoms with Gasteiger partial charge in [0.2, 0.25) is 11.8 Å². The minimum absolute atomic E-state index is 0.0410. The highest BCUT2D eigenvalue weighted by Gasteiger charge is 2.24. The van der Waals surface area contributed by atoms with Crippen molar-refractivity contribution in [2.24, 2.45) is 0 Å². The predicted molar refractivity (Wildman–Crippen MR) is 112 cm³/mol. The van der Waals surface area contributed by atoms with Crippen molar-refractivity contribution in [1.29, 1.82) is 0 Å². The molecule has 2 rings (SSSR count). The Morgan fingerprint density at radius 1 is 1.21 bits per heavy atom. The molecular weight excluding hydrogens is 394 g/mol. The van der Waals surface area contributed by atoms with Gasteiger partial charge in [-0.1, -0.05) is 23.7 Å². The lowest BCUT2D eigenvalue weighted by atomic mass is 10.0. The number of alkyl carbamates (subject to hydrolysis) is 1. The molecule has 1 aliphatic heterocycles. The lowest BCUT2D eigenvalue weighted by Crippen LogP contribution is -2.47. The Morgan fingerprint density at radius 2 is 1.90 bits per heavy atom. The maximum Gasteiger partial charge on any atom is 0.407 e. The first-order valence-electron chi connectivity index (χ1n) is 9.91. The molecule has 3 amide bonds. The van der Waals surface area contributed by atoms with Gasteiger partial charge >= 0.3 is 6.09 Å². The number of hydrogen-bond donors (Lipinski definition) is 2. The Labute approximate surface area is 177 Å². The van der Waals surface area contributed by atoms with Gasteiger partial charge < -0.3 is 20.3 Å².